The third-order valence-corrected chi connectivity index (χ3v) is 3.87. The lowest BCUT2D eigenvalue weighted by molar-refractivity contribution is -0.121. The SMILES string of the molecule is Cc1ccc(NC(=O)NC(=O)COc2ccccc2Br)cc1C. The zero-order valence-electron chi connectivity index (χ0n) is 12.9. The molecule has 0 aliphatic carbocycles. The van der Waals surface area contributed by atoms with Crippen LogP contribution in [-0.2, 0) is 4.79 Å². The summed E-state index contributed by atoms with van der Waals surface area (Å²) in [5.41, 5.74) is 2.82. The summed E-state index contributed by atoms with van der Waals surface area (Å²) in [5, 5.41) is 4.84. The lowest BCUT2D eigenvalue weighted by atomic mass is 10.1. The first kappa shape index (κ1) is 17.0. The monoisotopic (exact) mass is 376 g/mol. The number of carbonyl (C=O) groups excluding carboxylic acids is 2. The molecule has 5 nitrogen and oxygen atoms in total. The summed E-state index contributed by atoms with van der Waals surface area (Å²) < 4.78 is 6.09. The average molecular weight is 377 g/mol. The fourth-order valence-electron chi connectivity index (χ4n) is 1.85. The Hall–Kier alpha value is -2.34. The van der Waals surface area contributed by atoms with E-state index in [-0.39, 0.29) is 6.61 Å². The number of urea groups is 1. The molecule has 0 atom stereocenters. The minimum atomic E-state index is -0.589. The van der Waals surface area contributed by atoms with Gasteiger partial charge in [-0.05, 0) is 65.2 Å². The summed E-state index contributed by atoms with van der Waals surface area (Å²) in [7, 11) is 0. The Kier molecular flexibility index (Phi) is 5.76. The van der Waals surface area contributed by atoms with Crippen LogP contribution >= 0.6 is 15.9 Å². The summed E-state index contributed by atoms with van der Waals surface area (Å²) in [6.45, 7) is 3.69. The normalized spacial score (nSPS) is 10.0. The molecule has 23 heavy (non-hydrogen) atoms. The minimum Gasteiger partial charge on any atom is -0.483 e. The van der Waals surface area contributed by atoms with Gasteiger partial charge in [-0.2, -0.15) is 0 Å². The third-order valence-electron chi connectivity index (χ3n) is 3.21. The Balaban J connectivity index is 1.84. The Morgan fingerprint density at radius 3 is 2.52 bits per heavy atom. The zero-order valence-corrected chi connectivity index (χ0v) is 14.4. The lowest BCUT2D eigenvalue weighted by Gasteiger charge is -2.10. The standard InChI is InChI=1S/C17H17BrN2O3/c1-11-7-8-13(9-12(11)2)19-17(22)20-16(21)10-23-15-6-4-3-5-14(15)18/h3-9H,10H2,1-2H3,(H2,19,20,21,22). The number of benzene rings is 2. The van der Waals surface area contributed by atoms with Crippen LogP contribution in [0.15, 0.2) is 46.9 Å². The molecule has 0 saturated heterocycles. The highest BCUT2D eigenvalue weighted by Gasteiger charge is 2.10. The second-order valence-corrected chi connectivity index (χ2v) is 5.87. The van der Waals surface area contributed by atoms with Crippen molar-refractivity contribution in [2.24, 2.45) is 0 Å². The molecule has 0 aliphatic heterocycles. The molecule has 0 aliphatic rings. The molecule has 2 N–H and O–H groups in total. The number of imide groups is 1. The molecule has 0 fully saturated rings. The van der Waals surface area contributed by atoms with Gasteiger partial charge in [0.15, 0.2) is 6.61 Å². The molecule has 2 aromatic carbocycles. The summed E-state index contributed by atoms with van der Waals surface area (Å²) in [4.78, 5) is 23.5. The van der Waals surface area contributed by atoms with Crippen molar-refractivity contribution in [3.05, 3.63) is 58.1 Å². The number of rotatable bonds is 4. The van der Waals surface area contributed by atoms with Crippen LogP contribution < -0.4 is 15.4 Å². The number of halogens is 1. The third kappa shape index (κ3) is 5.10. The molecule has 3 amide bonds. The van der Waals surface area contributed by atoms with Gasteiger partial charge in [0.25, 0.3) is 5.91 Å². The molecule has 0 bridgehead atoms. The number of ether oxygens (including phenoxy) is 1. The number of carbonyl (C=O) groups is 2. The van der Waals surface area contributed by atoms with Gasteiger partial charge in [0.2, 0.25) is 0 Å². The highest BCUT2D eigenvalue weighted by molar-refractivity contribution is 9.10. The van der Waals surface area contributed by atoms with Crippen LogP contribution in [0.2, 0.25) is 0 Å². The molecule has 6 heteroatoms. The molecule has 0 radical (unpaired) electrons. The number of hydrogen-bond acceptors (Lipinski definition) is 3. The molecule has 0 unspecified atom stereocenters. The van der Waals surface area contributed by atoms with E-state index in [4.69, 9.17) is 4.74 Å². The Morgan fingerprint density at radius 1 is 1.09 bits per heavy atom. The molecule has 2 aromatic rings. The van der Waals surface area contributed by atoms with Gasteiger partial charge in [-0.3, -0.25) is 10.1 Å². The van der Waals surface area contributed by atoms with Gasteiger partial charge >= 0.3 is 6.03 Å². The Morgan fingerprint density at radius 2 is 1.83 bits per heavy atom. The molecule has 0 heterocycles. The molecule has 2 rings (SSSR count). The van der Waals surface area contributed by atoms with Gasteiger partial charge in [-0.25, -0.2) is 4.79 Å². The fourth-order valence-corrected chi connectivity index (χ4v) is 2.25. The van der Waals surface area contributed by atoms with Gasteiger partial charge in [-0.1, -0.05) is 18.2 Å². The van der Waals surface area contributed by atoms with E-state index in [0.717, 1.165) is 15.6 Å². The van der Waals surface area contributed by atoms with Crippen LogP contribution in [0.25, 0.3) is 0 Å². The highest BCUT2D eigenvalue weighted by Crippen LogP contribution is 2.23. The number of para-hydroxylation sites is 1. The van der Waals surface area contributed by atoms with E-state index >= 15 is 0 Å². The van der Waals surface area contributed by atoms with E-state index in [1.165, 1.54) is 0 Å². The van der Waals surface area contributed by atoms with Crippen molar-refractivity contribution >= 4 is 33.6 Å². The van der Waals surface area contributed by atoms with Crippen LogP contribution in [0.1, 0.15) is 11.1 Å². The van der Waals surface area contributed by atoms with Crippen LogP contribution in [0.4, 0.5) is 10.5 Å². The van der Waals surface area contributed by atoms with Crippen molar-refractivity contribution in [2.45, 2.75) is 13.8 Å². The van der Waals surface area contributed by atoms with Crippen LogP contribution in [0, 0.1) is 13.8 Å². The van der Waals surface area contributed by atoms with Crippen LogP contribution in [0.3, 0.4) is 0 Å². The van der Waals surface area contributed by atoms with Crippen molar-refractivity contribution < 1.29 is 14.3 Å². The molecule has 120 valence electrons. The first-order chi connectivity index (χ1) is 11.0. The van der Waals surface area contributed by atoms with E-state index in [9.17, 15) is 9.59 Å². The number of anilines is 1. The predicted octanol–water partition coefficient (Wildman–Crippen LogP) is 3.79. The minimum absolute atomic E-state index is 0.247. The Labute approximate surface area is 143 Å². The largest absolute Gasteiger partial charge is 0.483 e. The van der Waals surface area contributed by atoms with Crippen LogP contribution in [-0.4, -0.2) is 18.5 Å². The topological polar surface area (TPSA) is 67.4 Å². The van der Waals surface area contributed by atoms with Gasteiger partial charge in [0.1, 0.15) is 5.75 Å². The molecule has 0 spiro atoms. The van der Waals surface area contributed by atoms with E-state index in [1.54, 1.807) is 24.3 Å². The maximum absolute atomic E-state index is 11.8. The van der Waals surface area contributed by atoms with Crippen molar-refractivity contribution in [3.8, 4) is 5.75 Å². The number of hydrogen-bond donors (Lipinski definition) is 2. The predicted molar refractivity (Wildman–Crippen MR) is 92.7 cm³/mol. The molecule has 0 saturated carbocycles. The zero-order chi connectivity index (χ0) is 16.8. The average Bonchev–Trinajstić information content (AvgIpc) is 2.50. The lowest BCUT2D eigenvalue weighted by Crippen LogP contribution is -2.37. The van der Waals surface area contributed by atoms with E-state index in [2.05, 4.69) is 26.6 Å². The van der Waals surface area contributed by atoms with Crippen molar-refractivity contribution in [2.75, 3.05) is 11.9 Å². The maximum atomic E-state index is 11.8. The summed E-state index contributed by atoms with van der Waals surface area (Å²) in [6, 6.07) is 12.1. The quantitative estimate of drug-likeness (QED) is 0.852. The summed E-state index contributed by atoms with van der Waals surface area (Å²) in [6.07, 6.45) is 0. The number of aryl methyl sites for hydroxylation is 2. The van der Waals surface area contributed by atoms with Crippen LogP contribution in [0.5, 0.6) is 5.75 Å². The van der Waals surface area contributed by atoms with E-state index in [0.29, 0.717) is 11.4 Å². The van der Waals surface area contributed by atoms with Crippen molar-refractivity contribution in [1.29, 1.82) is 0 Å². The van der Waals surface area contributed by atoms with Gasteiger partial charge in [-0.15, -0.1) is 0 Å². The van der Waals surface area contributed by atoms with Crippen molar-refractivity contribution in [1.82, 2.24) is 5.32 Å². The first-order valence-electron chi connectivity index (χ1n) is 7.01. The second kappa shape index (κ2) is 7.78. The summed E-state index contributed by atoms with van der Waals surface area (Å²) >= 11 is 3.32. The first-order valence-corrected chi connectivity index (χ1v) is 7.80. The molecular formula is C17H17BrN2O3. The molecule has 0 aromatic heterocycles. The Bertz CT molecular complexity index is 732. The van der Waals surface area contributed by atoms with E-state index < -0.39 is 11.9 Å². The van der Waals surface area contributed by atoms with Gasteiger partial charge < -0.3 is 10.1 Å². The van der Waals surface area contributed by atoms with Gasteiger partial charge in [0, 0.05) is 5.69 Å². The van der Waals surface area contributed by atoms with E-state index in [1.807, 2.05) is 32.0 Å². The summed E-state index contributed by atoms with van der Waals surface area (Å²) in [5.74, 6) is 0.0132. The second-order valence-electron chi connectivity index (χ2n) is 5.02. The number of amides is 3. The highest BCUT2D eigenvalue weighted by atomic mass is 79.9. The fraction of sp³-hybridized carbons (Fsp3) is 0.176. The maximum Gasteiger partial charge on any atom is 0.325 e. The molecular weight excluding hydrogens is 360 g/mol. The van der Waals surface area contributed by atoms with Gasteiger partial charge in [0.05, 0.1) is 4.47 Å². The smallest absolute Gasteiger partial charge is 0.325 e. The number of nitrogens with one attached hydrogen (secondary N) is 2. The van der Waals surface area contributed by atoms with Crippen molar-refractivity contribution in [3.63, 3.8) is 0 Å².